The SMILES string of the molecule is CCNCC(C)C(=O)N(C)c1ccccn1. The standard InChI is InChI=1S/C12H19N3O/c1-4-13-9-10(2)12(16)15(3)11-7-5-6-8-14-11/h5-8,10,13H,4,9H2,1-3H3. The molecule has 1 heterocycles. The number of rotatable bonds is 5. The lowest BCUT2D eigenvalue weighted by Gasteiger charge is -2.20. The number of hydrogen-bond donors (Lipinski definition) is 1. The molecule has 0 fully saturated rings. The van der Waals surface area contributed by atoms with E-state index < -0.39 is 0 Å². The minimum atomic E-state index is -0.0352. The molecule has 4 heteroatoms. The second-order valence-electron chi connectivity index (χ2n) is 3.79. The van der Waals surface area contributed by atoms with Crippen molar-refractivity contribution in [1.82, 2.24) is 10.3 Å². The van der Waals surface area contributed by atoms with Crippen LogP contribution in [0.3, 0.4) is 0 Å². The molecular formula is C12H19N3O. The Labute approximate surface area is 96.7 Å². The van der Waals surface area contributed by atoms with Crippen molar-refractivity contribution in [1.29, 1.82) is 0 Å². The number of aromatic nitrogens is 1. The van der Waals surface area contributed by atoms with Crippen molar-refractivity contribution in [3.63, 3.8) is 0 Å². The van der Waals surface area contributed by atoms with E-state index >= 15 is 0 Å². The molecule has 0 saturated heterocycles. The molecule has 0 bridgehead atoms. The zero-order valence-corrected chi connectivity index (χ0v) is 10.1. The second-order valence-corrected chi connectivity index (χ2v) is 3.79. The van der Waals surface area contributed by atoms with Gasteiger partial charge in [0.2, 0.25) is 5.91 Å². The van der Waals surface area contributed by atoms with Gasteiger partial charge in [-0.15, -0.1) is 0 Å². The van der Waals surface area contributed by atoms with Gasteiger partial charge < -0.3 is 5.32 Å². The number of hydrogen-bond acceptors (Lipinski definition) is 3. The van der Waals surface area contributed by atoms with E-state index in [2.05, 4.69) is 10.3 Å². The predicted molar refractivity (Wildman–Crippen MR) is 65.4 cm³/mol. The van der Waals surface area contributed by atoms with Crippen molar-refractivity contribution < 1.29 is 4.79 Å². The summed E-state index contributed by atoms with van der Waals surface area (Å²) in [7, 11) is 1.76. The molecule has 16 heavy (non-hydrogen) atoms. The van der Waals surface area contributed by atoms with Crippen LogP contribution in [-0.2, 0) is 4.79 Å². The summed E-state index contributed by atoms with van der Waals surface area (Å²) in [5, 5.41) is 3.17. The average molecular weight is 221 g/mol. The van der Waals surface area contributed by atoms with Crippen molar-refractivity contribution in [2.75, 3.05) is 25.0 Å². The van der Waals surface area contributed by atoms with Gasteiger partial charge >= 0.3 is 0 Å². The van der Waals surface area contributed by atoms with Crippen LogP contribution in [0.5, 0.6) is 0 Å². The third kappa shape index (κ3) is 3.31. The molecule has 0 spiro atoms. The van der Waals surface area contributed by atoms with Crippen molar-refractivity contribution in [2.45, 2.75) is 13.8 Å². The van der Waals surface area contributed by atoms with Crippen LogP contribution in [0, 0.1) is 5.92 Å². The smallest absolute Gasteiger partial charge is 0.231 e. The quantitative estimate of drug-likeness (QED) is 0.815. The maximum atomic E-state index is 12.0. The third-order valence-electron chi connectivity index (χ3n) is 2.45. The maximum absolute atomic E-state index is 12.0. The Kier molecular flexibility index (Phi) is 4.92. The Balaban J connectivity index is 2.60. The Morgan fingerprint density at radius 2 is 2.31 bits per heavy atom. The van der Waals surface area contributed by atoms with E-state index in [-0.39, 0.29) is 11.8 Å². The molecular weight excluding hydrogens is 202 g/mol. The fourth-order valence-electron chi connectivity index (χ4n) is 1.44. The fourth-order valence-corrected chi connectivity index (χ4v) is 1.44. The van der Waals surface area contributed by atoms with E-state index in [9.17, 15) is 4.79 Å². The number of nitrogens with zero attached hydrogens (tertiary/aromatic N) is 2. The molecule has 0 aliphatic carbocycles. The summed E-state index contributed by atoms with van der Waals surface area (Å²) in [6.45, 7) is 5.53. The van der Waals surface area contributed by atoms with Crippen molar-refractivity contribution in [3.05, 3.63) is 24.4 Å². The van der Waals surface area contributed by atoms with Crippen molar-refractivity contribution in [2.24, 2.45) is 5.92 Å². The van der Waals surface area contributed by atoms with Crippen LogP contribution in [-0.4, -0.2) is 31.0 Å². The first-order valence-electron chi connectivity index (χ1n) is 5.56. The Morgan fingerprint density at radius 3 is 2.88 bits per heavy atom. The van der Waals surface area contributed by atoms with Gasteiger partial charge in [0.25, 0.3) is 0 Å². The molecule has 0 saturated carbocycles. The highest BCUT2D eigenvalue weighted by atomic mass is 16.2. The first-order valence-corrected chi connectivity index (χ1v) is 5.56. The number of amides is 1. The summed E-state index contributed by atoms with van der Waals surface area (Å²) in [6, 6.07) is 5.54. The molecule has 88 valence electrons. The van der Waals surface area contributed by atoms with Gasteiger partial charge in [-0.3, -0.25) is 9.69 Å². The molecule has 4 nitrogen and oxygen atoms in total. The normalized spacial score (nSPS) is 12.2. The van der Waals surface area contributed by atoms with E-state index in [1.165, 1.54) is 0 Å². The zero-order chi connectivity index (χ0) is 12.0. The summed E-state index contributed by atoms with van der Waals surface area (Å²) in [4.78, 5) is 17.7. The van der Waals surface area contributed by atoms with Crippen LogP contribution in [0.2, 0.25) is 0 Å². The molecule has 0 aliphatic heterocycles. The lowest BCUT2D eigenvalue weighted by atomic mass is 10.1. The topological polar surface area (TPSA) is 45.2 Å². The number of nitrogens with one attached hydrogen (secondary N) is 1. The van der Waals surface area contributed by atoms with Crippen LogP contribution in [0.25, 0.3) is 0 Å². The Bertz CT molecular complexity index is 326. The number of pyridine rings is 1. The third-order valence-corrected chi connectivity index (χ3v) is 2.45. The van der Waals surface area contributed by atoms with E-state index in [1.807, 2.05) is 32.0 Å². The molecule has 0 radical (unpaired) electrons. The molecule has 1 unspecified atom stereocenters. The first-order chi connectivity index (χ1) is 7.66. The molecule has 1 atom stereocenters. The lowest BCUT2D eigenvalue weighted by Crippen LogP contribution is -2.37. The van der Waals surface area contributed by atoms with Crippen LogP contribution in [0.1, 0.15) is 13.8 Å². The Hall–Kier alpha value is -1.42. The summed E-state index contributed by atoms with van der Waals surface area (Å²) >= 11 is 0. The average Bonchev–Trinajstić information content (AvgIpc) is 2.35. The minimum Gasteiger partial charge on any atom is -0.316 e. The second kappa shape index (κ2) is 6.23. The van der Waals surface area contributed by atoms with Gasteiger partial charge in [-0.2, -0.15) is 0 Å². The molecule has 1 rings (SSSR count). The van der Waals surface area contributed by atoms with E-state index in [0.29, 0.717) is 12.4 Å². The van der Waals surface area contributed by atoms with Gasteiger partial charge in [-0.1, -0.05) is 19.9 Å². The molecule has 0 aliphatic rings. The van der Waals surface area contributed by atoms with Gasteiger partial charge in [-0.25, -0.2) is 4.98 Å². The highest BCUT2D eigenvalue weighted by molar-refractivity contribution is 5.93. The molecule has 1 aromatic rings. The monoisotopic (exact) mass is 221 g/mol. The largest absolute Gasteiger partial charge is 0.316 e. The number of carbonyl (C=O) groups is 1. The molecule has 1 N–H and O–H groups in total. The minimum absolute atomic E-state index is 0.0352. The first kappa shape index (κ1) is 12.6. The number of anilines is 1. The van der Waals surface area contributed by atoms with Crippen LogP contribution < -0.4 is 10.2 Å². The lowest BCUT2D eigenvalue weighted by molar-refractivity contribution is -0.121. The summed E-state index contributed by atoms with van der Waals surface area (Å²) in [6.07, 6.45) is 1.69. The van der Waals surface area contributed by atoms with Crippen molar-refractivity contribution >= 4 is 11.7 Å². The molecule has 1 aromatic heterocycles. The van der Waals surface area contributed by atoms with E-state index in [1.54, 1.807) is 18.1 Å². The van der Waals surface area contributed by atoms with Gasteiger partial charge in [-0.05, 0) is 18.7 Å². The van der Waals surface area contributed by atoms with Gasteiger partial charge in [0, 0.05) is 25.7 Å². The van der Waals surface area contributed by atoms with Gasteiger partial charge in [0.1, 0.15) is 5.82 Å². The maximum Gasteiger partial charge on any atom is 0.231 e. The predicted octanol–water partition coefficient (Wildman–Crippen LogP) is 1.29. The van der Waals surface area contributed by atoms with E-state index in [0.717, 1.165) is 6.54 Å². The summed E-state index contributed by atoms with van der Waals surface area (Å²) in [5.74, 6) is 0.738. The van der Waals surface area contributed by atoms with Crippen LogP contribution in [0.4, 0.5) is 5.82 Å². The highest BCUT2D eigenvalue weighted by Crippen LogP contribution is 2.10. The highest BCUT2D eigenvalue weighted by Gasteiger charge is 2.18. The number of carbonyl (C=O) groups excluding carboxylic acids is 1. The zero-order valence-electron chi connectivity index (χ0n) is 10.1. The van der Waals surface area contributed by atoms with E-state index in [4.69, 9.17) is 0 Å². The van der Waals surface area contributed by atoms with Gasteiger partial charge in [0.15, 0.2) is 0 Å². The van der Waals surface area contributed by atoms with Gasteiger partial charge in [0.05, 0.1) is 0 Å². The Morgan fingerprint density at radius 1 is 1.56 bits per heavy atom. The van der Waals surface area contributed by atoms with Crippen LogP contribution in [0.15, 0.2) is 24.4 Å². The van der Waals surface area contributed by atoms with Crippen LogP contribution >= 0.6 is 0 Å². The molecule has 1 amide bonds. The fraction of sp³-hybridized carbons (Fsp3) is 0.500. The molecule has 0 aromatic carbocycles. The summed E-state index contributed by atoms with van der Waals surface area (Å²) < 4.78 is 0. The van der Waals surface area contributed by atoms with Crippen molar-refractivity contribution in [3.8, 4) is 0 Å². The summed E-state index contributed by atoms with van der Waals surface area (Å²) in [5.41, 5.74) is 0.